The van der Waals surface area contributed by atoms with Crippen LogP contribution in [0, 0.1) is 0 Å². The fourth-order valence-corrected chi connectivity index (χ4v) is 1.53. The SMILES string of the molecule is O=P(O)(O)OCOc1cccc2[nH]ccc12. The Morgan fingerprint density at radius 3 is 2.88 bits per heavy atom. The zero-order chi connectivity index (χ0) is 11.6. The normalized spacial score (nSPS) is 11.9. The van der Waals surface area contributed by atoms with Gasteiger partial charge in [0.25, 0.3) is 0 Å². The largest absolute Gasteiger partial charge is 0.472 e. The third-order valence-corrected chi connectivity index (χ3v) is 2.43. The maximum absolute atomic E-state index is 10.4. The van der Waals surface area contributed by atoms with Gasteiger partial charge in [0.05, 0.1) is 0 Å². The van der Waals surface area contributed by atoms with Crippen molar-refractivity contribution in [2.75, 3.05) is 6.79 Å². The molecule has 2 rings (SSSR count). The van der Waals surface area contributed by atoms with Crippen LogP contribution in [0.2, 0.25) is 0 Å². The number of aromatic amines is 1. The van der Waals surface area contributed by atoms with Crippen molar-refractivity contribution in [3.05, 3.63) is 30.5 Å². The van der Waals surface area contributed by atoms with Gasteiger partial charge in [-0.15, -0.1) is 0 Å². The third-order valence-electron chi connectivity index (χ3n) is 1.99. The van der Waals surface area contributed by atoms with E-state index >= 15 is 0 Å². The van der Waals surface area contributed by atoms with Crippen LogP contribution < -0.4 is 4.74 Å². The molecule has 0 atom stereocenters. The highest BCUT2D eigenvalue weighted by molar-refractivity contribution is 7.46. The monoisotopic (exact) mass is 243 g/mol. The number of phosphoric acid groups is 1. The van der Waals surface area contributed by atoms with Crippen molar-refractivity contribution in [3.63, 3.8) is 0 Å². The molecule has 6 nitrogen and oxygen atoms in total. The predicted molar refractivity (Wildman–Crippen MR) is 56.9 cm³/mol. The van der Waals surface area contributed by atoms with Gasteiger partial charge in [-0.1, -0.05) is 6.07 Å². The van der Waals surface area contributed by atoms with Crippen molar-refractivity contribution in [1.29, 1.82) is 0 Å². The molecule has 0 fully saturated rings. The van der Waals surface area contributed by atoms with Crippen molar-refractivity contribution < 1.29 is 23.6 Å². The zero-order valence-electron chi connectivity index (χ0n) is 8.16. The first-order valence-corrected chi connectivity index (χ1v) is 5.98. The minimum atomic E-state index is -4.48. The molecule has 0 aliphatic carbocycles. The van der Waals surface area contributed by atoms with Crippen LogP contribution in [-0.4, -0.2) is 21.6 Å². The van der Waals surface area contributed by atoms with Crippen molar-refractivity contribution in [2.45, 2.75) is 0 Å². The summed E-state index contributed by atoms with van der Waals surface area (Å²) in [4.78, 5) is 19.9. The molecular weight excluding hydrogens is 233 g/mol. The highest BCUT2D eigenvalue weighted by atomic mass is 31.2. The summed E-state index contributed by atoms with van der Waals surface area (Å²) in [5, 5.41) is 0.830. The van der Waals surface area contributed by atoms with Crippen LogP contribution in [-0.2, 0) is 9.09 Å². The number of nitrogens with one attached hydrogen (secondary N) is 1. The molecule has 0 saturated carbocycles. The fourth-order valence-electron chi connectivity index (χ4n) is 1.34. The van der Waals surface area contributed by atoms with E-state index in [0.717, 1.165) is 10.9 Å². The van der Waals surface area contributed by atoms with Gasteiger partial charge in [0.15, 0.2) is 6.79 Å². The van der Waals surface area contributed by atoms with Crippen LogP contribution >= 0.6 is 7.82 Å². The number of fused-ring (bicyclic) bond motifs is 1. The fraction of sp³-hybridized carbons (Fsp3) is 0.111. The first-order valence-electron chi connectivity index (χ1n) is 4.45. The molecule has 0 spiro atoms. The van der Waals surface area contributed by atoms with E-state index in [-0.39, 0.29) is 0 Å². The smallest absolute Gasteiger partial charge is 0.466 e. The summed E-state index contributed by atoms with van der Waals surface area (Å²) < 4.78 is 19.7. The zero-order valence-corrected chi connectivity index (χ0v) is 9.05. The summed E-state index contributed by atoms with van der Waals surface area (Å²) >= 11 is 0. The number of benzene rings is 1. The van der Waals surface area contributed by atoms with Gasteiger partial charge in [0.2, 0.25) is 0 Å². The molecule has 16 heavy (non-hydrogen) atoms. The lowest BCUT2D eigenvalue weighted by molar-refractivity contribution is 0.0840. The van der Waals surface area contributed by atoms with Gasteiger partial charge in [0, 0.05) is 17.1 Å². The summed E-state index contributed by atoms with van der Waals surface area (Å²) in [5.41, 5.74) is 0.883. The Kier molecular flexibility index (Phi) is 2.98. The minimum Gasteiger partial charge on any atom is -0.466 e. The van der Waals surface area contributed by atoms with E-state index in [1.807, 2.05) is 12.1 Å². The van der Waals surface area contributed by atoms with Crippen LogP contribution in [0.5, 0.6) is 5.75 Å². The average molecular weight is 243 g/mol. The summed E-state index contributed by atoms with van der Waals surface area (Å²) in [5.74, 6) is 0.507. The predicted octanol–water partition coefficient (Wildman–Crippen LogP) is 1.61. The van der Waals surface area contributed by atoms with E-state index in [2.05, 4.69) is 9.51 Å². The Balaban J connectivity index is 2.10. The molecule has 2 aromatic rings. The molecule has 0 bridgehead atoms. The first kappa shape index (κ1) is 11.2. The molecule has 0 unspecified atom stereocenters. The first-order chi connectivity index (χ1) is 7.56. The minimum absolute atomic E-state index is 0.491. The van der Waals surface area contributed by atoms with Gasteiger partial charge in [-0.05, 0) is 18.2 Å². The van der Waals surface area contributed by atoms with E-state index in [4.69, 9.17) is 14.5 Å². The summed E-state index contributed by atoms with van der Waals surface area (Å²) in [6.07, 6.45) is 1.75. The molecule has 0 aliphatic heterocycles. The summed E-state index contributed by atoms with van der Waals surface area (Å²) in [6.45, 7) is -0.491. The number of H-pyrrole nitrogens is 1. The Labute approximate surface area is 91.1 Å². The molecule has 1 aromatic heterocycles. The number of hydrogen-bond acceptors (Lipinski definition) is 3. The van der Waals surface area contributed by atoms with E-state index in [0.29, 0.717) is 5.75 Å². The molecule has 86 valence electrons. The maximum Gasteiger partial charge on any atom is 0.472 e. The van der Waals surface area contributed by atoms with Crippen LogP contribution in [0.3, 0.4) is 0 Å². The second kappa shape index (κ2) is 4.27. The number of aromatic nitrogens is 1. The summed E-state index contributed by atoms with van der Waals surface area (Å²) in [7, 11) is -4.48. The van der Waals surface area contributed by atoms with Gasteiger partial charge < -0.3 is 19.5 Å². The second-order valence-electron chi connectivity index (χ2n) is 3.08. The Morgan fingerprint density at radius 1 is 1.31 bits per heavy atom. The van der Waals surface area contributed by atoms with E-state index < -0.39 is 14.6 Å². The average Bonchev–Trinajstić information content (AvgIpc) is 2.64. The highest BCUT2D eigenvalue weighted by Crippen LogP contribution is 2.36. The lowest BCUT2D eigenvalue weighted by atomic mass is 10.2. The van der Waals surface area contributed by atoms with E-state index in [9.17, 15) is 4.57 Å². The molecule has 0 amide bonds. The molecule has 1 aromatic carbocycles. The summed E-state index contributed by atoms with van der Waals surface area (Å²) in [6, 6.07) is 7.14. The molecular formula is C9H10NO5P. The molecule has 0 saturated heterocycles. The molecule has 7 heteroatoms. The van der Waals surface area contributed by atoms with Crippen molar-refractivity contribution in [3.8, 4) is 5.75 Å². The van der Waals surface area contributed by atoms with Crippen molar-refractivity contribution >= 4 is 18.7 Å². The maximum atomic E-state index is 10.4. The van der Waals surface area contributed by atoms with Crippen LogP contribution in [0.1, 0.15) is 0 Å². The van der Waals surface area contributed by atoms with Crippen molar-refractivity contribution in [1.82, 2.24) is 4.98 Å². The topological polar surface area (TPSA) is 91.8 Å². The number of hydrogen-bond donors (Lipinski definition) is 3. The lowest BCUT2D eigenvalue weighted by Crippen LogP contribution is -2.00. The van der Waals surface area contributed by atoms with E-state index in [1.165, 1.54) is 0 Å². The second-order valence-corrected chi connectivity index (χ2v) is 4.32. The van der Waals surface area contributed by atoms with Gasteiger partial charge in [-0.2, -0.15) is 0 Å². The van der Waals surface area contributed by atoms with Gasteiger partial charge in [-0.25, -0.2) is 9.09 Å². The van der Waals surface area contributed by atoms with Gasteiger partial charge in [-0.3, -0.25) is 0 Å². The van der Waals surface area contributed by atoms with E-state index in [1.54, 1.807) is 18.3 Å². The third kappa shape index (κ3) is 2.62. The standard InChI is InChI=1S/C9H10NO5P/c11-16(12,13)15-6-14-9-3-1-2-8-7(9)4-5-10-8/h1-5,10H,6H2,(H2,11,12,13). The van der Waals surface area contributed by atoms with Crippen LogP contribution in [0.25, 0.3) is 10.9 Å². The Bertz CT molecular complexity index is 531. The Hall–Kier alpha value is -1.33. The highest BCUT2D eigenvalue weighted by Gasteiger charge is 2.14. The van der Waals surface area contributed by atoms with Crippen molar-refractivity contribution in [2.24, 2.45) is 0 Å². The quantitative estimate of drug-likeness (QED) is 0.560. The van der Waals surface area contributed by atoms with Gasteiger partial charge in [0.1, 0.15) is 5.75 Å². The lowest BCUT2D eigenvalue weighted by Gasteiger charge is -2.08. The molecule has 0 radical (unpaired) electrons. The van der Waals surface area contributed by atoms with Crippen LogP contribution in [0.4, 0.5) is 0 Å². The number of phosphoric ester groups is 1. The molecule has 0 aliphatic rings. The Morgan fingerprint density at radius 2 is 2.12 bits per heavy atom. The molecule has 1 heterocycles. The van der Waals surface area contributed by atoms with Gasteiger partial charge >= 0.3 is 7.82 Å². The molecule has 3 N–H and O–H groups in total. The van der Waals surface area contributed by atoms with Crippen LogP contribution in [0.15, 0.2) is 30.5 Å². The number of ether oxygens (including phenoxy) is 1. The number of rotatable bonds is 4.